The van der Waals surface area contributed by atoms with Crippen LogP contribution in [0, 0.1) is 6.92 Å². The number of hydrogen-bond acceptors (Lipinski definition) is 2. The van der Waals surface area contributed by atoms with E-state index in [4.69, 9.17) is 0 Å². The van der Waals surface area contributed by atoms with Crippen molar-refractivity contribution in [3.05, 3.63) is 29.8 Å². The number of hydrogen-bond donors (Lipinski definition) is 1. The Morgan fingerprint density at radius 3 is 2.60 bits per heavy atom. The van der Waals surface area contributed by atoms with Gasteiger partial charge < -0.3 is 10.2 Å². The Labute approximate surface area is 93.3 Å². The van der Waals surface area contributed by atoms with Crippen LogP contribution < -0.4 is 10.2 Å². The monoisotopic (exact) mass is 206 g/mol. The second-order valence-corrected chi connectivity index (χ2v) is 3.82. The predicted octanol–water partition coefficient (Wildman–Crippen LogP) is 2.43. The highest BCUT2D eigenvalue weighted by Crippen LogP contribution is 2.18. The van der Waals surface area contributed by atoms with Crippen LogP contribution in [0.1, 0.15) is 18.9 Å². The first-order valence-electron chi connectivity index (χ1n) is 5.74. The van der Waals surface area contributed by atoms with E-state index in [1.807, 2.05) is 7.05 Å². The quantitative estimate of drug-likeness (QED) is 0.719. The molecule has 1 aromatic rings. The van der Waals surface area contributed by atoms with Crippen molar-refractivity contribution in [2.75, 3.05) is 31.6 Å². The van der Waals surface area contributed by atoms with Crippen LogP contribution in [0.15, 0.2) is 24.3 Å². The summed E-state index contributed by atoms with van der Waals surface area (Å²) in [7, 11) is 2.00. The van der Waals surface area contributed by atoms with Crippen LogP contribution in [0.4, 0.5) is 5.69 Å². The molecule has 15 heavy (non-hydrogen) atoms. The van der Waals surface area contributed by atoms with E-state index in [2.05, 4.69) is 48.3 Å². The minimum Gasteiger partial charge on any atom is -0.372 e. The normalized spacial score (nSPS) is 10.3. The van der Waals surface area contributed by atoms with Crippen LogP contribution in [-0.2, 0) is 0 Å². The third-order valence-electron chi connectivity index (χ3n) is 2.69. The zero-order valence-electron chi connectivity index (χ0n) is 10.1. The second kappa shape index (κ2) is 6.46. The average molecular weight is 206 g/mol. The first kappa shape index (κ1) is 12.1. The van der Waals surface area contributed by atoms with Crippen LogP contribution in [0.3, 0.4) is 0 Å². The van der Waals surface area contributed by atoms with E-state index >= 15 is 0 Å². The van der Waals surface area contributed by atoms with Crippen molar-refractivity contribution in [1.29, 1.82) is 0 Å². The van der Waals surface area contributed by atoms with Gasteiger partial charge in [-0.05, 0) is 45.5 Å². The molecule has 0 aliphatic carbocycles. The maximum Gasteiger partial charge on any atom is 0.0395 e. The van der Waals surface area contributed by atoms with E-state index in [0.29, 0.717) is 0 Å². The average Bonchev–Trinajstić information content (AvgIpc) is 2.26. The lowest BCUT2D eigenvalue weighted by Gasteiger charge is -2.24. The minimum absolute atomic E-state index is 1.08. The Morgan fingerprint density at radius 2 is 2.00 bits per heavy atom. The fourth-order valence-electron chi connectivity index (χ4n) is 1.81. The van der Waals surface area contributed by atoms with Crippen molar-refractivity contribution < 1.29 is 0 Å². The van der Waals surface area contributed by atoms with Crippen LogP contribution >= 0.6 is 0 Å². The molecule has 1 rings (SSSR count). The van der Waals surface area contributed by atoms with Crippen molar-refractivity contribution in [2.24, 2.45) is 0 Å². The van der Waals surface area contributed by atoms with Gasteiger partial charge in [-0.3, -0.25) is 0 Å². The summed E-state index contributed by atoms with van der Waals surface area (Å²) in [4.78, 5) is 2.44. The first-order chi connectivity index (χ1) is 7.29. The van der Waals surface area contributed by atoms with Crippen molar-refractivity contribution in [3.63, 3.8) is 0 Å². The summed E-state index contributed by atoms with van der Waals surface area (Å²) in [6.07, 6.45) is 1.19. The first-order valence-corrected chi connectivity index (χ1v) is 5.74. The molecule has 2 heteroatoms. The van der Waals surface area contributed by atoms with Gasteiger partial charge in [0.05, 0.1) is 0 Å². The summed E-state index contributed by atoms with van der Waals surface area (Å²) in [5, 5.41) is 3.19. The van der Waals surface area contributed by atoms with Gasteiger partial charge in [0.25, 0.3) is 0 Å². The van der Waals surface area contributed by atoms with Gasteiger partial charge in [0.2, 0.25) is 0 Å². The number of rotatable bonds is 6. The molecule has 0 aromatic heterocycles. The number of nitrogens with one attached hydrogen (secondary N) is 1. The fraction of sp³-hybridized carbons (Fsp3) is 0.538. The largest absolute Gasteiger partial charge is 0.372 e. The van der Waals surface area contributed by atoms with Crippen molar-refractivity contribution in [1.82, 2.24) is 5.32 Å². The summed E-state index contributed by atoms with van der Waals surface area (Å²) < 4.78 is 0. The molecule has 0 radical (unpaired) electrons. The van der Waals surface area contributed by atoms with Gasteiger partial charge in [0.1, 0.15) is 0 Å². The summed E-state index contributed by atoms with van der Waals surface area (Å²) >= 11 is 0. The summed E-state index contributed by atoms with van der Waals surface area (Å²) in [5.41, 5.74) is 2.74. The van der Waals surface area contributed by atoms with Gasteiger partial charge in [0, 0.05) is 18.8 Å². The van der Waals surface area contributed by atoms with E-state index < -0.39 is 0 Å². The zero-order valence-corrected chi connectivity index (χ0v) is 10.1. The Bertz CT molecular complexity index is 284. The Hall–Kier alpha value is -1.02. The predicted molar refractivity (Wildman–Crippen MR) is 67.6 cm³/mol. The number of aryl methyl sites for hydroxylation is 1. The van der Waals surface area contributed by atoms with Gasteiger partial charge in [-0.2, -0.15) is 0 Å². The molecule has 0 atom stereocenters. The van der Waals surface area contributed by atoms with Gasteiger partial charge >= 0.3 is 0 Å². The lowest BCUT2D eigenvalue weighted by Crippen LogP contribution is -2.26. The SMILES string of the molecule is CCN(CCCNC)c1ccccc1C. The van der Waals surface area contributed by atoms with Crippen molar-refractivity contribution in [2.45, 2.75) is 20.3 Å². The highest BCUT2D eigenvalue weighted by Gasteiger charge is 2.05. The van der Waals surface area contributed by atoms with Crippen LogP contribution in [0.25, 0.3) is 0 Å². The van der Waals surface area contributed by atoms with Crippen molar-refractivity contribution in [3.8, 4) is 0 Å². The third kappa shape index (κ3) is 3.56. The lowest BCUT2D eigenvalue weighted by atomic mass is 10.1. The molecule has 0 unspecified atom stereocenters. The molecular formula is C13H22N2. The zero-order chi connectivity index (χ0) is 11.1. The van der Waals surface area contributed by atoms with Gasteiger partial charge in [-0.15, -0.1) is 0 Å². The number of benzene rings is 1. The molecule has 0 aliphatic rings. The molecule has 84 valence electrons. The Kier molecular flexibility index (Phi) is 5.19. The Balaban J connectivity index is 2.61. The number of nitrogens with zero attached hydrogens (tertiary/aromatic N) is 1. The smallest absolute Gasteiger partial charge is 0.0395 e. The molecule has 0 heterocycles. The highest BCUT2D eigenvalue weighted by molar-refractivity contribution is 5.52. The van der Waals surface area contributed by atoms with E-state index in [0.717, 1.165) is 19.6 Å². The molecule has 0 aliphatic heterocycles. The second-order valence-electron chi connectivity index (χ2n) is 3.82. The maximum absolute atomic E-state index is 3.19. The van der Waals surface area contributed by atoms with E-state index in [9.17, 15) is 0 Å². The molecule has 1 N–H and O–H groups in total. The number of para-hydroxylation sites is 1. The van der Waals surface area contributed by atoms with E-state index in [1.54, 1.807) is 0 Å². The molecule has 2 nitrogen and oxygen atoms in total. The molecule has 0 spiro atoms. The minimum atomic E-state index is 1.08. The molecule has 0 bridgehead atoms. The van der Waals surface area contributed by atoms with Crippen LogP contribution in [0.5, 0.6) is 0 Å². The molecular weight excluding hydrogens is 184 g/mol. The lowest BCUT2D eigenvalue weighted by molar-refractivity contribution is 0.692. The summed E-state index contributed by atoms with van der Waals surface area (Å²) in [6, 6.07) is 8.59. The van der Waals surface area contributed by atoms with Crippen LogP contribution in [-0.4, -0.2) is 26.7 Å². The summed E-state index contributed by atoms with van der Waals surface area (Å²) in [5.74, 6) is 0. The fourth-order valence-corrected chi connectivity index (χ4v) is 1.81. The van der Waals surface area contributed by atoms with Gasteiger partial charge in [-0.25, -0.2) is 0 Å². The van der Waals surface area contributed by atoms with E-state index in [-0.39, 0.29) is 0 Å². The molecule has 0 saturated heterocycles. The molecule has 0 fully saturated rings. The number of anilines is 1. The Morgan fingerprint density at radius 1 is 1.27 bits per heavy atom. The van der Waals surface area contributed by atoms with Crippen molar-refractivity contribution >= 4 is 5.69 Å². The van der Waals surface area contributed by atoms with Crippen LogP contribution in [0.2, 0.25) is 0 Å². The standard InChI is InChI=1S/C13H22N2/c1-4-15(11-7-10-14-3)13-9-6-5-8-12(13)2/h5-6,8-9,14H,4,7,10-11H2,1-3H3. The van der Waals surface area contributed by atoms with Gasteiger partial charge in [-0.1, -0.05) is 18.2 Å². The van der Waals surface area contributed by atoms with E-state index in [1.165, 1.54) is 17.7 Å². The molecule has 0 saturated carbocycles. The molecule has 1 aromatic carbocycles. The summed E-state index contributed by atoms with van der Waals surface area (Å²) in [6.45, 7) is 7.68. The maximum atomic E-state index is 3.19. The third-order valence-corrected chi connectivity index (χ3v) is 2.69. The molecule has 0 amide bonds. The topological polar surface area (TPSA) is 15.3 Å². The van der Waals surface area contributed by atoms with Gasteiger partial charge in [0.15, 0.2) is 0 Å². The highest BCUT2D eigenvalue weighted by atomic mass is 15.1.